The SMILES string of the molecule is CC(NC(=O)Nc1cccc(OC(F)F)c1)c1ccc(Cl)cc1. The molecule has 0 bridgehead atoms. The Morgan fingerprint density at radius 2 is 1.87 bits per heavy atom. The van der Waals surface area contributed by atoms with Gasteiger partial charge in [0, 0.05) is 16.8 Å². The molecule has 0 aliphatic carbocycles. The summed E-state index contributed by atoms with van der Waals surface area (Å²) in [5.74, 6) is -0.0245. The van der Waals surface area contributed by atoms with Crippen molar-refractivity contribution in [3.63, 3.8) is 0 Å². The lowest BCUT2D eigenvalue weighted by molar-refractivity contribution is -0.0497. The molecule has 23 heavy (non-hydrogen) atoms. The highest BCUT2D eigenvalue weighted by Crippen LogP contribution is 2.20. The Morgan fingerprint density at radius 3 is 2.52 bits per heavy atom. The van der Waals surface area contributed by atoms with Crippen molar-refractivity contribution in [1.29, 1.82) is 0 Å². The lowest BCUT2D eigenvalue weighted by Gasteiger charge is -2.15. The molecule has 0 heterocycles. The van der Waals surface area contributed by atoms with E-state index in [0.717, 1.165) is 5.56 Å². The first kappa shape index (κ1) is 17.0. The van der Waals surface area contributed by atoms with E-state index in [0.29, 0.717) is 10.7 Å². The van der Waals surface area contributed by atoms with Crippen LogP contribution in [0.4, 0.5) is 19.3 Å². The molecule has 0 aliphatic heterocycles. The summed E-state index contributed by atoms with van der Waals surface area (Å²) in [6, 6.07) is 12.2. The van der Waals surface area contributed by atoms with Gasteiger partial charge in [0.05, 0.1) is 6.04 Å². The standard InChI is InChI=1S/C16H15ClF2N2O2/c1-10(11-5-7-12(17)8-6-11)20-16(22)21-13-3-2-4-14(9-13)23-15(18)19/h2-10,15H,1H3,(H2,20,21,22). The zero-order valence-electron chi connectivity index (χ0n) is 12.2. The van der Waals surface area contributed by atoms with Gasteiger partial charge in [-0.1, -0.05) is 29.8 Å². The number of anilines is 1. The second-order valence-electron chi connectivity index (χ2n) is 4.78. The van der Waals surface area contributed by atoms with E-state index in [-0.39, 0.29) is 11.8 Å². The summed E-state index contributed by atoms with van der Waals surface area (Å²) >= 11 is 5.82. The van der Waals surface area contributed by atoms with Crippen LogP contribution in [0, 0.1) is 0 Å². The fourth-order valence-corrected chi connectivity index (χ4v) is 2.07. The van der Waals surface area contributed by atoms with Crippen LogP contribution in [0.2, 0.25) is 5.02 Å². The Labute approximate surface area is 137 Å². The van der Waals surface area contributed by atoms with Crippen LogP contribution in [0.25, 0.3) is 0 Å². The monoisotopic (exact) mass is 340 g/mol. The maximum absolute atomic E-state index is 12.2. The molecule has 0 saturated carbocycles. The van der Waals surface area contributed by atoms with Crippen molar-refractivity contribution in [1.82, 2.24) is 5.32 Å². The molecule has 2 aromatic rings. The highest BCUT2D eigenvalue weighted by Gasteiger charge is 2.10. The van der Waals surface area contributed by atoms with Gasteiger partial charge in [-0.2, -0.15) is 8.78 Å². The van der Waals surface area contributed by atoms with E-state index in [4.69, 9.17) is 11.6 Å². The third-order valence-corrected chi connectivity index (χ3v) is 3.29. The first-order valence-corrected chi connectivity index (χ1v) is 7.19. The first-order chi connectivity index (χ1) is 10.9. The Morgan fingerprint density at radius 1 is 1.17 bits per heavy atom. The number of amides is 2. The van der Waals surface area contributed by atoms with Crippen molar-refractivity contribution in [2.75, 3.05) is 5.32 Å². The molecule has 2 N–H and O–H groups in total. The minimum absolute atomic E-state index is 0.0245. The molecule has 122 valence electrons. The molecule has 1 unspecified atom stereocenters. The predicted octanol–water partition coefficient (Wildman–Crippen LogP) is 4.82. The summed E-state index contributed by atoms with van der Waals surface area (Å²) in [6.45, 7) is -1.09. The largest absolute Gasteiger partial charge is 0.435 e. The summed E-state index contributed by atoms with van der Waals surface area (Å²) in [4.78, 5) is 12.0. The molecule has 0 aliphatic rings. The highest BCUT2D eigenvalue weighted by atomic mass is 35.5. The van der Waals surface area contributed by atoms with E-state index in [2.05, 4.69) is 15.4 Å². The van der Waals surface area contributed by atoms with Gasteiger partial charge in [0.1, 0.15) is 5.75 Å². The molecule has 0 saturated heterocycles. The number of alkyl halides is 2. The zero-order chi connectivity index (χ0) is 16.8. The number of rotatable bonds is 5. The van der Waals surface area contributed by atoms with Crippen LogP contribution in [0.1, 0.15) is 18.5 Å². The number of halogens is 3. The molecule has 2 rings (SSSR count). The fourth-order valence-electron chi connectivity index (χ4n) is 1.95. The van der Waals surface area contributed by atoms with Crippen molar-refractivity contribution >= 4 is 23.3 Å². The Balaban J connectivity index is 1.95. The van der Waals surface area contributed by atoms with Crippen molar-refractivity contribution in [3.05, 3.63) is 59.1 Å². The smallest absolute Gasteiger partial charge is 0.387 e. The number of nitrogens with one attached hydrogen (secondary N) is 2. The van der Waals surface area contributed by atoms with Gasteiger partial charge in [0.2, 0.25) is 0 Å². The number of urea groups is 1. The van der Waals surface area contributed by atoms with E-state index < -0.39 is 12.6 Å². The number of ether oxygens (including phenoxy) is 1. The molecule has 7 heteroatoms. The van der Waals surface area contributed by atoms with Crippen molar-refractivity contribution in [3.8, 4) is 5.75 Å². The van der Waals surface area contributed by atoms with Crippen LogP contribution >= 0.6 is 11.6 Å². The van der Waals surface area contributed by atoms with Crippen molar-refractivity contribution < 1.29 is 18.3 Å². The van der Waals surface area contributed by atoms with Gasteiger partial charge in [-0.25, -0.2) is 4.79 Å². The molecule has 4 nitrogen and oxygen atoms in total. The third kappa shape index (κ3) is 5.41. The predicted molar refractivity (Wildman–Crippen MR) is 85.1 cm³/mol. The fraction of sp³-hybridized carbons (Fsp3) is 0.188. The summed E-state index contributed by atoms with van der Waals surface area (Å²) in [5.41, 5.74) is 1.24. The molecular formula is C16H15ClF2N2O2. The number of hydrogen-bond acceptors (Lipinski definition) is 2. The number of hydrogen-bond donors (Lipinski definition) is 2. The quantitative estimate of drug-likeness (QED) is 0.819. The van der Waals surface area contributed by atoms with Gasteiger partial charge in [0.25, 0.3) is 0 Å². The van der Waals surface area contributed by atoms with Crippen LogP contribution in [-0.2, 0) is 0 Å². The van der Waals surface area contributed by atoms with Gasteiger partial charge in [-0.15, -0.1) is 0 Å². The average molecular weight is 341 g/mol. The molecule has 1 atom stereocenters. The van der Waals surface area contributed by atoms with Crippen LogP contribution in [0.15, 0.2) is 48.5 Å². The normalized spacial score (nSPS) is 11.9. The van der Waals surface area contributed by atoms with Gasteiger partial charge in [0.15, 0.2) is 0 Å². The number of carbonyl (C=O) groups is 1. The van der Waals surface area contributed by atoms with Gasteiger partial charge < -0.3 is 15.4 Å². The number of carbonyl (C=O) groups excluding carboxylic acids is 1. The van der Waals surface area contributed by atoms with E-state index >= 15 is 0 Å². The van der Waals surface area contributed by atoms with E-state index in [9.17, 15) is 13.6 Å². The summed E-state index contributed by atoms with van der Waals surface area (Å²) in [7, 11) is 0. The van der Waals surface area contributed by atoms with E-state index in [1.54, 1.807) is 18.2 Å². The highest BCUT2D eigenvalue weighted by molar-refractivity contribution is 6.30. The maximum atomic E-state index is 12.2. The summed E-state index contributed by atoms with van der Waals surface area (Å²) in [5, 5.41) is 5.92. The molecule has 0 fully saturated rings. The van der Waals surface area contributed by atoms with Crippen LogP contribution in [-0.4, -0.2) is 12.6 Å². The zero-order valence-corrected chi connectivity index (χ0v) is 13.0. The van der Waals surface area contributed by atoms with Crippen molar-refractivity contribution in [2.45, 2.75) is 19.6 Å². The Kier molecular flexibility index (Phi) is 5.76. The molecule has 0 radical (unpaired) electrons. The minimum atomic E-state index is -2.91. The van der Waals surface area contributed by atoms with Gasteiger partial charge >= 0.3 is 12.6 Å². The molecule has 2 amide bonds. The van der Waals surface area contributed by atoms with Crippen molar-refractivity contribution in [2.24, 2.45) is 0 Å². The molecule has 2 aromatic carbocycles. The molecule has 0 aromatic heterocycles. The topological polar surface area (TPSA) is 50.4 Å². The summed E-state index contributed by atoms with van der Waals surface area (Å²) < 4.78 is 28.6. The lowest BCUT2D eigenvalue weighted by atomic mass is 10.1. The third-order valence-electron chi connectivity index (χ3n) is 3.03. The van der Waals surface area contributed by atoms with Crippen LogP contribution < -0.4 is 15.4 Å². The van der Waals surface area contributed by atoms with E-state index in [1.807, 2.05) is 19.1 Å². The second-order valence-corrected chi connectivity index (χ2v) is 5.21. The Hall–Kier alpha value is -2.34. The number of benzene rings is 2. The second kappa shape index (κ2) is 7.78. The molecule has 0 spiro atoms. The minimum Gasteiger partial charge on any atom is -0.435 e. The average Bonchev–Trinajstić information content (AvgIpc) is 2.47. The van der Waals surface area contributed by atoms with Gasteiger partial charge in [-0.05, 0) is 36.8 Å². The lowest BCUT2D eigenvalue weighted by Crippen LogP contribution is -2.31. The Bertz CT molecular complexity index is 665. The summed E-state index contributed by atoms with van der Waals surface area (Å²) in [6.07, 6.45) is 0. The molecular weight excluding hydrogens is 326 g/mol. The van der Waals surface area contributed by atoms with Gasteiger partial charge in [-0.3, -0.25) is 0 Å². The van der Waals surface area contributed by atoms with Crippen LogP contribution in [0.3, 0.4) is 0 Å². The van der Waals surface area contributed by atoms with Crippen LogP contribution in [0.5, 0.6) is 5.75 Å². The maximum Gasteiger partial charge on any atom is 0.387 e. The van der Waals surface area contributed by atoms with E-state index in [1.165, 1.54) is 18.2 Å². The first-order valence-electron chi connectivity index (χ1n) is 6.82.